The Kier molecular flexibility index (Phi) is 5.59. The van der Waals surface area contributed by atoms with E-state index in [2.05, 4.69) is 4.74 Å². The third-order valence-electron chi connectivity index (χ3n) is 1.70. The van der Waals surface area contributed by atoms with Crippen molar-refractivity contribution in [3.63, 3.8) is 0 Å². The molecule has 0 saturated heterocycles. The molecule has 0 aromatic rings. The summed E-state index contributed by atoms with van der Waals surface area (Å²) >= 11 is 0. The SMILES string of the molecule is O=C(F)C(F)(OCCCCS(=O)(=O)F)C(F)(F)F. The molecule has 108 valence electrons. The molecule has 0 aliphatic heterocycles. The van der Waals surface area contributed by atoms with Crippen LogP contribution < -0.4 is 0 Å². The van der Waals surface area contributed by atoms with Crippen molar-refractivity contribution in [2.45, 2.75) is 24.9 Å². The molecule has 0 fully saturated rings. The van der Waals surface area contributed by atoms with Crippen LogP contribution in [0.4, 0.5) is 25.8 Å². The quantitative estimate of drug-likeness (QED) is 0.409. The molecule has 0 rings (SSSR count). The Balaban J connectivity index is 4.29. The fourth-order valence-corrected chi connectivity index (χ4v) is 1.39. The highest BCUT2D eigenvalue weighted by atomic mass is 32.3. The topological polar surface area (TPSA) is 60.4 Å². The number of halogens is 6. The van der Waals surface area contributed by atoms with E-state index in [9.17, 15) is 39.1 Å². The van der Waals surface area contributed by atoms with Crippen LogP contribution in [0.3, 0.4) is 0 Å². The van der Waals surface area contributed by atoms with E-state index in [-0.39, 0.29) is 0 Å². The van der Waals surface area contributed by atoms with Gasteiger partial charge >= 0.3 is 28.3 Å². The maximum absolute atomic E-state index is 12.8. The Morgan fingerprint density at radius 1 is 1.11 bits per heavy atom. The van der Waals surface area contributed by atoms with Crippen molar-refractivity contribution in [3.8, 4) is 0 Å². The second-order valence-electron chi connectivity index (χ2n) is 3.17. The summed E-state index contributed by atoms with van der Waals surface area (Å²) in [6, 6.07) is -3.37. The second kappa shape index (κ2) is 5.87. The van der Waals surface area contributed by atoms with Gasteiger partial charge in [-0.3, -0.25) is 4.79 Å². The monoisotopic (exact) mass is 302 g/mol. The highest BCUT2D eigenvalue weighted by Crippen LogP contribution is 2.36. The first-order valence-electron chi connectivity index (χ1n) is 4.42. The zero-order chi connectivity index (χ0) is 14.6. The van der Waals surface area contributed by atoms with Crippen LogP contribution in [0.5, 0.6) is 0 Å². The van der Waals surface area contributed by atoms with Gasteiger partial charge in [0.05, 0.1) is 12.4 Å². The smallest absolute Gasteiger partial charge is 0.331 e. The minimum Gasteiger partial charge on any atom is -0.331 e. The lowest BCUT2D eigenvalue weighted by atomic mass is 10.3. The van der Waals surface area contributed by atoms with Crippen molar-refractivity contribution in [2.24, 2.45) is 0 Å². The number of carbonyl (C=O) groups excluding carboxylic acids is 1. The highest BCUT2D eigenvalue weighted by Gasteiger charge is 2.64. The van der Waals surface area contributed by atoms with E-state index in [1.54, 1.807) is 0 Å². The van der Waals surface area contributed by atoms with Crippen molar-refractivity contribution in [1.29, 1.82) is 0 Å². The number of alkyl halides is 4. The summed E-state index contributed by atoms with van der Waals surface area (Å²) in [5, 5.41) is 0. The van der Waals surface area contributed by atoms with E-state index in [0.717, 1.165) is 0 Å². The highest BCUT2D eigenvalue weighted by molar-refractivity contribution is 7.86. The summed E-state index contributed by atoms with van der Waals surface area (Å²) in [6.07, 6.45) is -6.86. The Hall–Kier alpha value is -0.840. The van der Waals surface area contributed by atoms with Gasteiger partial charge in [-0.05, 0) is 12.8 Å². The van der Waals surface area contributed by atoms with Crippen molar-refractivity contribution in [1.82, 2.24) is 0 Å². The standard InChI is InChI=1S/C7H8F6O4S/c8-5(14)6(9,7(10,11)12)17-3-1-2-4-18(13,15)16/h1-4H2. The average Bonchev–Trinajstić information content (AvgIpc) is 2.12. The van der Waals surface area contributed by atoms with E-state index in [0.29, 0.717) is 0 Å². The van der Waals surface area contributed by atoms with Crippen molar-refractivity contribution >= 4 is 16.3 Å². The zero-order valence-corrected chi connectivity index (χ0v) is 9.45. The minimum atomic E-state index is -5.90. The van der Waals surface area contributed by atoms with E-state index < -0.39 is 53.5 Å². The number of hydrogen-bond acceptors (Lipinski definition) is 4. The van der Waals surface area contributed by atoms with Crippen LogP contribution in [0.25, 0.3) is 0 Å². The van der Waals surface area contributed by atoms with Gasteiger partial charge in [-0.2, -0.15) is 30.4 Å². The molecule has 11 heteroatoms. The van der Waals surface area contributed by atoms with Gasteiger partial charge < -0.3 is 4.74 Å². The van der Waals surface area contributed by atoms with E-state index in [1.807, 2.05) is 0 Å². The zero-order valence-electron chi connectivity index (χ0n) is 8.64. The van der Waals surface area contributed by atoms with Gasteiger partial charge in [-0.25, -0.2) is 0 Å². The normalized spacial score (nSPS) is 16.3. The maximum atomic E-state index is 12.8. The van der Waals surface area contributed by atoms with Crippen molar-refractivity contribution < 1.29 is 43.8 Å². The van der Waals surface area contributed by atoms with Gasteiger partial charge in [-0.1, -0.05) is 0 Å². The Bertz CT molecular complexity index is 391. The molecule has 0 aliphatic rings. The molecule has 1 unspecified atom stereocenters. The minimum absolute atomic E-state index is 0.465. The summed E-state index contributed by atoms with van der Waals surface area (Å²) in [5.74, 6) is -6.08. The summed E-state index contributed by atoms with van der Waals surface area (Å²) in [4.78, 5) is 9.89. The molecule has 0 bridgehead atoms. The molecule has 0 heterocycles. The summed E-state index contributed by atoms with van der Waals surface area (Å²) < 4.78 is 95.9. The second-order valence-corrected chi connectivity index (χ2v) is 4.65. The Morgan fingerprint density at radius 3 is 1.94 bits per heavy atom. The van der Waals surface area contributed by atoms with Gasteiger partial charge in [0.15, 0.2) is 0 Å². The first-order valence-corrected chi connectivity index (χ1v) is 5.97. The largest absolute Gasteiger partial charge is 0.459 e. The fraction of sp³-hybridized carbons (Fsp3) is 0.857. The lowest BCUT2D eigenvalue weighted by Crippen LogP contribution is -2.49. The molecular formula is C7H8F6O4S. The number of carbonyl (C=O) groups is 1. The number of unbranched alkanes of at least 4 members (excludes halogenated alkanes) is 1. The molecule has 18 heavy (non-hydrogen) atoms. The molecular weight excluding hydrogens is 294 g/mol. The lowest BCUT2D eigenvalue weighted by molar-refractivity contribution is -0.319. The predicted octanol–water partition coefficient (Wildman–Crippen LogP) is 1.81. The Morgan fingerprint density at radius 2 is 1.61 bits per heavy atom. The van der Waals surface area contributed by atoms with Gasteiger partial charge in [-0.15, -0.1) is 3.89 Å². The molecule has 0 spiro atoms. The first kappa shape index (κ1) is 17.2. The number of rotatable bonds is 7. The summed E-state index contributed by atoms with van der Waals surface area (Å²) in [7, 11) is -4.80. The predicted molar refractivity (Wildman–Crippen MR) is 46.1 cm³/mol. The van der Waals surface area contributed by atoms with Crippen LogP contribution in [-0.2, 0) is 19.8 Å². The number of hydrogen-bond donors (Lipinski definition) is 0. The molecule has 0 radical (unpaired) electrons. The van der Waals surface area contributed by atoms with E-state index >= 15 is 0 Å². The lowest BCUT2D eigenvalue weighted by Gasteiger charge is -2.22. The van der Waals surface area contributed by atoms with Crippen molar-refractivity contribution in [2.75, 3.05) is 12.4 Å². The molecule has 0 saturated carbocycles. The third kappa shape index (κ3) is 5.21. The third-order valence-corrected chi connectivity index (χ3v) is 2.48. The molecule has 0 amide bonds. The number of ether oxygens (including phenoxy) is 1. The Labute approximate surface area is 98.1 Å². The fourth-order valence-electron chi connectivity index (χ4n) is 0.839. The maximum Gasteiger partial charge on any atom is 0.459 e. The molecule has 4 nitrogen and oxygen atoms in total. The van der Waals surface area contributed by atoms with Crippen LogP contribution in [0.1, 0.15) is 12.8 Å². The molecule has 0 aliphatic carbocycles. The summed E-state index contributed by atoms with van der Waals surface area (Å²) in [5.41, 5.74) is 0. The molecule has 0 N–H and O–H groups in total. The molecule has 1 atom stereocenters. The van der Waals surface area contributed by atoms with Crippen LogP contribution in [0, 0.1) is 0 Å². The van der Waals surface area contributed by atoms with Gasteiger partial charge in [0, 0.05) is 0 Å². The van der Waals surface area contributed by atoms with Crippen LogP contribution in [0.2, 0.25) is 0 Å². The first-order chi connectivity index (χ1) is 7.90. The van der Waals surface area contributed by atoms with Gasteiger partial charge in [0.25, 0.3) is 0 Å². The van der Waals surface area contributed by atoms with Gasteiger partial charge in [0.1, 0.15) is 0 Å². The van der Waals surface area contributed by atoms with Gasteiger partial charge in [0.2, 0.25) is 0 Å². The average molecular weight is 302 g/mol. The van der Waals surface area contributed by atoms with Crippen molar-refractivity contribution in [3.05, 3.63) is 0 Å². The van der Waals surface area contributed by atoms with E-state index in [1.165, 1.54) is 0 Å². The van der Waals surface area contributed by atoms with Crippen LogP contribution in [-0.4, -0.2) is 38.8 Å². The van der Waals surface area contributed by atoms with E-state index in [4.69, 9.17) is 0 Å². The molecule has 0 aromatic carbocycles. The molecule has 0 aromatic heterocycles. The van der Waals surface area contributed by atoms with Crippen LogP contribution in [0.15, 0.2) is 0 Å². The summed E-state index contributed by atoms with van der Waals surface area (Å²) in [6.45, 7) is -1.10. The van der Waals surface area contributed by atoms with Crippen LogP contribution >= 0.6 is 0 Å².